The average molecular weight is 536 g/mol. The van der Waals surface area contributed by atoms with E-state index < -0.39 is 0 Å². The number of nitrogens with zero attached hydrogens (tertiary/aromatic N) is 3. The molecule has 0 spiro atoms. The Morgan fingerprint density at radius 1 is 1.03 bits per heavy atom. The van der Waals surface area contributed by atoms with E-state index in [1.807, 2.05) is 83.6 Å². The van der Waals surface area contributed by atoms with Crippen molar-refractivity contribution < 1.29 is 4.79 Å². The van der Waals surface area contributed by atoms with Crippen LogP contribution in [0.4, 0.5) is 5.69 Å². The highest BCUT2D eigenvalue weighted by Crippen LogP contribution is 2.40. The van der Waals surface area contributed by atoms with Crippen molar-refractivity contribution in [2.24, 2.45) is 0 Å². The molecule has 1 fully saturated rings. The fourth-order valence-electron chi connectivity index (χ4n) is 4.47. The number of nitrogens with one attached hydrogen (secondary N) is 2. The number of thiocarbonyl (C=S) groups is 1. The van der Waals surface area contributed by atoms with Gasteiger partial charge in [-0.25, -0.2) is 0 Å². The van der Waals surface area contributed by atoms with Crippen LogP contribution in [0.15, 0.2) is 91.3 Å². The topological polar surface area (TPSA) is 62.2 Å². The fourth-order valence-corrected chi connectivity index (χ4v) is 5.30. The van der Waals surface area contributed by atoms with Gasteiger partial charge in [0.1, 0.15) is 0 Å². The van der Waals surface area contributed by atoms with Crippen LogP contribution < -0.4 is 10.6 Å². The number of para-hydroxylation sites is 1. The number of rotatable bonds is 7. The molecule has 1 aliphatic heterocycles. The Hall–Kier alpha value is -3.39. The van der Waals surface area contributed by atoms with E-state index in [2.05, 4.69) is 20.5 Å². The molecule has 0 saturated carbocycles. The highest BCUT2D eigenvalue weighted by atomic mass is 35.5. The van der Waals surface area contributed by atoms with Crippen molar-refractivity contribution >= 4 is 52.1 Å². The summed E-state index contributed by atoms with van der Waals surface area (Å²) in [6.45, 7) is 0.429. The maximum absolute atomic E-state index is 12.7. The molecule has 1 aliphatic rings. The van der Waals surface area contributed by atoms with E-state index in [0.717, 1.165) is 22.8 Å². The van der Waals surface area contributed by atoms with Gasteiger partial charge >= 0.3 is 0 Å². The molecule has 5 rings (SSSR count). The monoisotopic (exact) mass is 535 g/mol. The molecule has 1 saturated heterocycles. The molecule has 6 nitrogen and oxygen atoms in total. The smallest absolute Gasteiger partial charge is 0.226 e. The second-order valence-electron chi connectivity index (χ2n) is 8.38. The third-order valence-corrected chi connectivity index (χ3v) is 6.98. The summed E-state index contributed by atoms with van der Waals surface area (Å²) in [4.78, 5) is 19.4. The Balaban J connectivity index is 1.47. The molecule has 182 valence electrons. The lowest BCUT2D eigenvalue weighted by Crippen LogP contribution is -2.33. The zero-order valence-corrected chi connectivity index (χ0v) is 21.5. The summed E-state index contributed by atoms with van der Waals surface area (Å²) in [5.74, 6) is -0.0832. The van der Waals surface area contributed by atoms with E-state index in [-0.39, 0.29) is 24.4 Å². The summed E-state index contributed by atoms with van der Waals surface area (Å²) in [6, 6.07) is 24.2. The first-order valence-electron chi connectivity index (χ1n) is 11.5. The summed E-state index contributed by atoms with van der Waals surface area (Å²) in [7, 11) is 0. The van der Waals surface area contributed by atoms with E-state index >= 15 is 0 Å². The lowest BCUT2D eigenvalue weighted by Gasteiger charge is -2.29. The van der Waals surface area contributed by atoms with Crippen LogP contribution >= 0.6 is 35.4 Å². The van der Waals surface area contributed by atoms with E-state index in [9.17, 15) is 4.79 Å². The third kappa shape index (κ3) is 5.09. The van der Waals surface area contributed by atoms with Crippen molar-refractivity contribution in [1.82, 2.24) is 19.8 Å². The van der Waals surface area contributed by atoms with Gasteiger partial charge in [-0.05, 0) is 66.8 Å². The minimum absolute atomic E-state index is 0.0832. The molecular weight excluding hydrogens is 513 g/mol. The maximum Gasteiger partial charge on any atom is 0.226 e. The quantitative estimate of drug-likeness (QED) is 0.276. The number of halogens is 2. The maximum atomic E-state index is 12.7. The molecular formula is C27H23Cl2N5OS. The molecule has 4 aromatic rings. The first-order chi connectivity index (χ1) is 17.5. The van der Waals surface area contributed by atoms with Gasteiger partial charge in [0.05, 0.1) is 28.5 Å². The number of aromatic nitrogens is 2. The van der Waals surface area contributed by atoms with Crippen LogP contribution in [0, 0.1) is 0 Å². The Bertz CT molecular complexity index is 1380. The van der Waals surface area contributed by atoms with E-state index in [1.54, 1.807) is 12.3 Å². The van der Waals surface area contributed by atoms with Gasteiger partial charge < -0.3 is 20.1 Å². The summed E-state index contributed by atoms with van der Waals surface area (Å²) >= 11 is 18.5. The molecule has 0 aliphatic carbocycles. The first kappa shape index (κ1) is 24.3. The molecule has 0 unspecified atom stereocenters. The number of pyridine rings is 1. The number of anilines is 1. The first-order valence-corrected chi connectivity index (χ1v) is 12.6. The Labute approximate surface area is 224 Å². The van der Waals surface area contributed by atoms with Gasteiger partial charge in [-0.2, -0.15) is 0 Å². The average Bonchev–Trinajstić information content (AvgIpc) is 3.48. The molecule has 2 aromatic heterocycles. The van der Waals surface area contributed by atoms with Crippen LogP contribution in [-0.2, 0) is 4.79 Å². The lowest BCUT2D eigenvalue weighted by atomic mass is 10.0. The van der Waals surface area contributed by atoms with Gasteiger partial charge in [-0.1, -0.05) is 47.5 Å². The molecule has 0 radical (unpaired) electrons. The van der Waals surface area contributed by atoms with Gasteiger partial charge in [0.15, 0.2) is 5.11 Å². The molecule has 2 aromatic carbocycles. The predicted molar refractivity (Wildman–Crippen MR) is 148 cm³/mol. The summed E-state index contributed by atoms with van der Waals surface area (Å²) in [6.07, 6.45) is 3.99. The van der Waals surface area contributed by atoms with Crippen LogP contribution in [0.25, 0.3) is 5.69 Å². The normalized spacial score (nSPS) is 17.2. The Kier molecular flexibility index (Phi) is 7.23. The van der Waals surface area contributed by atoms with Gasteiger partial charge in [-0.3, -0.25) is 9.78 Å². The predicted octanol–water partition coefficient (Wildman–Crippen LogP) is 6.18. The number of hydrogen-bond acceptors (Lipinski definition) is 3. The van der Waals surface area contributed by atoms with Gasteiger partial charge in [0, 0.05) is 41.8 Å². The van der Waals surface area contributed by atoms with Crippen LogP contribution in [0.2, 0.25) is 10.0 Å². The SMILES string of the molecule is O=C(CCN1C(=S)N[C@H](c2ccccn2)[C@@H]1c1cccn1-c1ccc(Cl)cc1Cl)Nc1ccccc1. The van der Waals surface area contributed by atoms with Crippen molar-refractivity contribution in [3.05, 3.63) is 113 Å². The lowest BCUT2D eigenvalue weighted by molar-refractivity contribution is -0.116. The summed E-state index contributed by atoms with van der Waals surface area (Å²) in [5.41, 5.74) is 3.39. The van der Waals surface area contributed by atoms with Crippen molar-refractivity contribution in [1.29, 1.82) is 0 Å². The number of amides is 1. The molecule has 1 amide bonds. The van der Waals surface area contributed by atoms with Crippen molar-refractivity contribution in [2.45, 2.75) is 18.5 Å². The van der Waals surface area contributed by atoms with E-state index in [1.165, 1.54) is 0 Å². The molecule has 36 heavy (non-hydrogen) atoms. The minimum Gasteiger partial charge on any atom is -0.352 e. The van der Waals surface area contributed by atoms with Crippen molar-refractivity contribution in [3.8, 4) is 5.69 Å². The number of hydrogen-bond donors (Lipinski definition) is 2. The minimum atomic E-state index is -0.223. The molecule has 3 heterocycles. The largest absolute Gasteiger partial charge is 0.352 e. The zero-order chi connectivity index (χ0) is 25.1. The van der Waals surface area contributed by atoms with Crippen molar-refractivity contribution in [2.75, 3.05) is 11.9 Å². The van der Waals surface area contributed by atoms with Crippen LogP contribution in [0.1, 0.15) is 29.9 Å². The molecule has 0 bridgehead atoms. The zero-order valence-electron chi connectivity index (χ0n) is 19.1. The van der Waals surface area contributed by atoms with Gasteiger partial charge in [0.2, 0.25) is 5.91 Å². The standard InChI is InChI=1S/C27H23Cl2N5OS/c28-18-11-12-22(20(29)17-18)33-15-6-10-23(33)26-25(21-9-4-5-14-30-21)32-27(36)34(26)16-13-24(35)31-19-7-2-1-3-8-19/h1-12,14-15,17,25-26H,13,16H2,(H,31,35)(H,32,36)/t25-,26+/m1/s1. The van der Waals surface area contributed by atoms with Crippen molar-refractivity contribution in [3.63, 3.8) is 0 Å². The second-order valence-corrected chi connectivity index (χ2v) is 9.61. The van der Waals surface area contributed by atoms with Gasteiger partial charge in [-0.15, -0.1) is 0 Å². The van der Waals surface area contributed by atoms with Crippen LogP contribution in [0.5, 0.6) is 0 Å². The summed E-state index contributed by atoms with van der Waals surface area (Å²) < 4.78 is 2.03. The third-order valence-electron chi connectivity index (χ3n) is 6.09. The van der Waals surface area contributed by atoms with Crippen LogP contribution in [0.3, 0.4) is 0 Å². The molecule has 2 N–H and O–H groups in total. The number of carbonyl (C=O) groups excluding carboxylic acids is 1. The highest BCUT2D eigenvalue weighted by Gasteiger charge is 2.41. The molecule has 2 atom stereocenters. The Morgan fingerprint density at radius 2 is 1.83 bits per heavy atom. The van der Waals surface area contributed by atoms with Gasteiger partial charge in [0.25, 0.3) is 0 Å². The molecule has 9 heteroatoms. The highest BCUT2D eigenvalue weighted by molar-refractivity contribution is 7.80. The van der Waals surface area contributed by atoms with E-state index in [4.69, 9.17) is 35.4 Å². The van der Waals surface area contributed by atoms with Crippen LogP contribution in [-0.4, -0.2) is 32.0 Å². The fraction of sp³-hybridized carbons (Fsp3) is 0.148. The Morgan fingerprint density at radius 3 is 2.58 bits per heavy atom. The second kappa shape index (κ2) is 10.7. The van der Waals surface area contributed by atoms with E-state index in [0.29, 0.717) is 21.7 Å². The number of benzene rings is 2. The summed E-state index contributed by atoms with van der Waals surface area (Å²) in [5, 5.41) is 8.05. The number of carbonyl (C=O) groups is 1.